The van der Waals surface area contributed by atoms with Crippen LogP contribution in [0, 0.1) is 0 Å². The van der Waals surface area contributed by atoms with Crippen molar-refractivity contribution < 1.29 is 19.1 Å². The number of anilines is 2. The van der Waals surface area contributed by atoms with E-state index in [2.05, 4.69) is 22.2 Å². The predicted molar refractivity (Wildman–Crippen MR) is 185 cm³/mol. The van der Waals surface area contributed by atoms with Crippen molar-refractivity contribution in [2.24, 2.45) is 0 Å². The second-order valence-electron chi connectivity index (χ2n) is 11.8. The Morgan fingerprint density at radius 3 is 2.38 bits per heavy atom. The topological polar surface area (TPSA) is 100 Å². The third-order valence-corrected chi connectivity index (χ3v) is 8.51. The summed E-state index contributed by atoms with van der Waals surface area (Å²) in [7, 11) is 3.81. The molecule has 0 saturated carbocycles. The fourth-order valence-electron chi connectivity index (χ4n) is 5.70. The van der Waals surface area contributed by atoms with E-state index in [0.29, 0.717) is 41.3 Å². The van der Waals surface area contributed by atoms with Crippen molar-refractivity contribution in [1.82, 2.24) is 19.4 Å². The number of unbranched alkanes of at least 4 members (excludes halogenated alkanes) is 2. The molecule has 5 rings (SSSR count). The maximum absolute atomic E-state index is 13.5. The summed E-state index contributed by atoms with van der Waals surface area (Å²) in [6.07, 6.45) is 7.44. The molecular formula is C37H44N6O4. The molecule has 4 aromatic rings. The SMILES string of the molecule is CCc1nccn1-c1ccccc1C(=O)Nc1ccc(C(=O)N(C)c2ccccc2OCCCCCC(=O)N2CCN(C)CC2)cc1. The Bertz CT molecular complexity index is 1660. The summed E-state index contributed by atoms with van der Waals surface area (Å²) in [5.41, 5.74) is 3.01. The Morgan fingerprint density at radius 2 is 1.62 bits per heavy atom. The van der Waals surface area contributed by atoms with Gasteiger partial charge in [0.1, 0.15) is 11.6 Å². The highest BCUT2D eigenvalue weighted by molar-refractivity contribution is 6.08. The highest BCUT2D eigenvalue weighted by atomic mass is 16.5. The average Bonchev–Trinajstić information content (AvgIpc) is 3.59. The first-order chi connectivity index (χ1) is 22.9. The van der Waals surface area contributed by atoms with E-state index in [-0.39, 0.29) is 17.7 Å². The highest BCUT2D eigenvalue weighted by Gasteiger charge is 2.20. The van der Waals surface area contributed by atoms with Gasteiger partial charge in [0.25, 0.3) is 11.8 Å². The lowest BCUT2D eigenvalue weighted by molar-refractivity contribution is -0.132. The molecule has 3 aromatic carbocycles. The van der Waals surface area contributed by atoms with Gasteiger partial charge in [-0.15, -0.1) is 0 Å². The van der Waals surface area contributed by atoms with Crippen LogP contribution >= 0.6 is 0 Å². The lowest BCUT2D eigenvalue weighted by Crippen LogP contribution is -2.47. The van der Waals surface area contributed by atoms with Gasteiger partial charge in [-0.2, -0.15) is 0 Å². The molecule has 1 fully saturated rings. The highest BCUT2D eigenvalue weighted by Crippen LogP contribution is 2.29. The number of amides is 3. The molecule has 2 heterocycles. The van der Waals surface area contributed by atoms with Crippen LogP contribution in [0.15, 0.2) is 85.2 Å². The average molecular weight is 637 g/mol. The van der Waals surface area contributed by atoms with Crippen molar-refractivity contribution in [2.45, 2.75) is 39.0 Å². The first-order valence-electron chi connectivity index (χ1n) is 16.3. The number of rotatable bonds is 13. The summed E-state index contributed by atoms with van der Waals surface area (Å²) in [6.45, 7) is 6.01. The Balaban J connectivity index is 1.13. The first-order valence-corrected chi connectivity index (χ1v) is 16.3. The third kappa shape index (κ3) is 8.45. The largest absolute Gasteiger partial charge is 0.491 e. The molecule has 0 bridgehead atoms. The van der Waals surface area contributed by atoms with Crippen LogP contribution in [0.3, 0.4) is 0 Å². The van der Waals surface area contributed by atoms with E-state index in [4.69, 9.17) is 4.74 Å². The van der Waals surface area contributed by atoms with E-state index in [1.807, 2.05) is 65.1 Å². The Morgan fingerprint density at radius 1 is 0.894 bits per heavy atom. The number of nitrogens with one attached hydrogen (secondary N) is 1. The number of carbonyl (C=O) groups is 3. The Kier molecular flexibility index (Phi) is 11.4. The molecule has 3 amide bonds. The van der Waals surface area contributed by atoms with Gasteiger partial charge in [0.2, 0.25) is 5.91 Å². The maximum Gasteiger partial charge on any atom is 0.258 e. The molecule has 0 atom stereocenters. The van der Waals surface area contributed by atoms with Crippen molar-refractivity contribution in [3.8, 4) is 11.4 Å². The van der Waals surface area contributed by atoms with Gasteiger partial charge in [0, 0.05) is 69.7 Å². The van der Waals surface area contributed by atoms with E-state index >= 15 is 0 Å². The summed E-state index contributed by atoms with van der Waals surface area (Å²) < 4.78 is 8.01. The third-order valence-electron chi connectivity index (χ3n) is 8.51. The number of imidazole rings is 1. The minimum atomic E-state index is -0.250. The van der Waals surface area contributed by atoms with Gasteiger partial charge in [0.05, 0.1) is 23.5 Å². The van der Waals surface area contributed by atoms with Crippen molar-refractivity contribution in [1.29, 1.82) is 0 Å². The zero-order valence-corrected chi connectivity index (χ0v) is 27.5. The first kappa shape index (κ1) is 33.4. The molecular weight excluding hydrogens is 592 g/mol. The van der Waals surface area contributed by atoms with Crippen LogP contribution < -0.4 is 15.0 Å². The van der Waals surface area contributed by atoms with Gasteiger partial charge in [-0.05, 0) is 74.8 Å². The van der Waals surface area contributed by atoms with E-state index in [9.17, 15) is 14.4 Å². The zero-order chi connectivity index (χ0) is 33.2. The minimum absolute atomic E-state index is 0.195. The predicted octanol–water partition coefficient (Wildman–Crippen LogP) is 5.68. The summed E-state index contributed by atoms with van der Waals surface area (Å²) in [4.78, 5) is 49.4. The van der Waals surface area contributed by atoms with Gasteiger partial charge >= 0.3 is 0 Å². The summed E-state index contributed by atoms with van der Waals surface area (Å²) in [5.74, 6) is 1.29. The molecule has 1 aliphatic rings. The molecule has 10 heteroatoms. The lowest BCUT2D eigenvalue weighted by Gasteiger charge is -2.32. The fourth-order valence-corrected chi connectivity index (χ4v) is 5.70. The minimum Gasteiger partial charge on any atom is -0.491 e. The molecule has 0 spiro atoms. The number of likely N-dealkylation sites (N-methyl/N-ethyl adjacent to an activating group) is 1. The lowest BCUT2D eigenvalue weighted by atomic mass is 10.1. The molecule has 246 valence electrons. The molecule has 1 saturated heterocycles. The van der Waals surface area contributed by atoms with Crippen LogP contribution in [-0.2, 0) is 11.2 Å². The second-order valence-corrected chi connectivity index (χ2v) is 11.8. The van der Waals surface area contributed by atoms with Crippen LogP contribution in [0.1, 0.15) is 59.1 Å². The van der Waals surface area contributed by atoms with Gasteiger partial charge < -0.3 is 29.3 Å². The summed E-state index contributed by atoms with van der Waals surface area (Å²) in [6, 6.07) is 21.8. The monoisotopic (exact) mass is 636 g/mol. The number of para-hydroxylation sites is 3. The summed E-state index contributed by atoms with van der Waals surface area (Å²) >= 11 is 0. The molecule has 0 aliphatic carbocycles. The number of aromatic nitrogens is 2. The number of ether oxygens (including phenoxy) is 1. The van der Waals surface area contributed by atoms with Crippen molar-refractivity contribution in [3.05, 3.63) is 102 Å². The number of piperazine rings is 1. The molecule has 1 N–H and O–H groups in total. The molecule has 0 radical (unpaired) electrons. The van der Waals surface area contributed by atoms with Gasteiger partial charge in [0.15, 0.2) is 0 Å². The standard InChI is InChI=1S/C37H44N6O4/c1-4-34-38-21-22-43(34)31-13-8-7-12-30(31)36(45)39-29-19-17-28(18-20-29)37(46)41(3)32-14-9-10-15-33(32)47-27-11-5-6-16-35(44)42-25-23-40(2)24-26-42/h7-10,12-15,17-22H,4-6,11,16,23-27H2,1-3H3,(H,39,45). The van der Waals surface area contributed by atoms with Gasteiger partial charge in [-0.3, -0.25) is 14.4 Å². The number of aryl methyl sites for hydroxylation is 1. The maximum atomic E-state index is 13.5. The number of hydrogen-bond acceptors (Lipinski definition) is 6. The van der Waals surface area contributed by atoms with Crippen LogP contribution in [-0.4, -0.2) is 84.0 Å². The zero-order valence-electron chi connectivity index (χ0n) is 27.5. The van der Waals surface area contributed by atoms with Crippen molar-refractivity contribution in [3.63, 3.8) is 0 Å². The van der Waals surface area contributed by atoms with E-state index in [0.717, 1.165) is 63.4 Å². The number of carbonyl (C=O) groups excluding carboxylic acids is 3. The van der Waals surface area contributed by atoms with E-state index < -0.39 is 0 Å². The molecule has 1 aliphatic heterocycles. The van der Waals surface area contributed by atoms with Crippen LogP contribution in [0.4, 0.5) is 11.4 Å². The quantitative estimate of drug-likeness (QED) is 0.190. The molecule has 10 nitrogen and oxygen atoms in total. The Labute approximate surface area is 277 Å². The van der Waals surface area contributed by atoms with Gasteiger partial charge in [-0.1, -0.05) is 31.2 Å². The number of hydrogen-bond donors (Lipinski definition) is 1. The van der Waals surface area contributed by atoms with E-state index in [1.54, 1.807) is 48.5 Å². The second kappa shape index (κ2) is 16.0. The number of nitrogens with zero attached hydrogens (tertiary/aromatic N) is 5. The molecule has 0 unspecified atom stereocenters. The van der Waals surface area contributed by atoms with Gasteiger partial charge in [-0.25, -0.2) is 4.98 Å². The van der Waals surface area contributed by atoms with Crippen LogP contribution in [0.25, 0.3) is 5.69 Å². The van der Waals surface area contributed by atoms with E-state index in [1.165, 1.54) is 0 Å². The Hall–Kier alpha value is -4.96. The summed E-state index contributed by atoms with van der Waals surface area (Å²) in [5, 5.41) is 2.96. The molecule has 1 aromatic heterocycles. The molecule has 47 heavy (non-hydrogen) atoms. The van der Waals surface area contributed by atoms with Crippen molar-refractivity contribution >= 4 is 29.1 Å². The van der Waals surface area contributed by atoms with Crippen LogP contribution in [0.2, 0.25) is 0 Å². The normalized spacial score (nSPS) is 13.3. The number of benzene rings is 3. The van der Waals surface area contributed by atoms with Crippen molar-refractivity contribution in [2.75, 3.05) is 57.1 Å². The smallest absolute Gasteiger partial charge is 0.258 e. The fraction of sp³-hybridized carbons (Fsp3) is 0.351. The van der Waals surface area contributed by atoms with Crippen LogP contribution in [0.5, 0.6) is 5.75 Å².